The molecule has 3 nitrogen and oxygen atoms in total. The van der Waals surface area contributed by atoms with Gasteiger partial charge in [-0.3, -0.25) is 4.79 Å². The SMILES string of the molecule is CC[C@](C#N)(c1ccccc1)N(CCc1ccccc1)C(=O)c1ccccc1. The summed E-state index contributed by atoms with van der Waals surface area (Å²) in [5.74, 6) is -0.121. The van der Waals surface area contributed by atoms with Crippen molar-refractivity contribution in [2.24, 2.45) is 0 Å². The quantitative estimate of drug-likeness (QED) is 0.575. The third kappa shape index (κ3) is 3.97. The second-order valence-corrected chi connectivity index (χ2v) is 6.75. The molecule has 0 unspecified atom stereocenters. The molecule has 0 fully saturated rings. The Morgan fingerprint density at radius 3 is 1.96 bits per heavy atom. The standard InChI is InChI=1S/C25H24N2O/c1-2-25(20-26,23-16-10-5-11-17-23)27(19-18-21-12-6-3-7-13-21)24(28)22-14-8-4-9-15-22/h3-17H,2,18-19H2,1H3/t25-/m0/s1. The lowest BCUT2D eigenvalue weighted by Gasteiger charge is -2.39. The fourth-order valence-corrected chi connectivity index (χ4v) is 3.56. The van der Waals surface area contributed by atoms with Gasteiger partial charge in [-0.25, -0.2) is 0 Å². The topological polar surface area (TPSA) is 44.1 Å². The Kier molecular flexibility index (Phi) is 6.24. The van der Waals surface area contributed by atoms with Gasteiger partial charge in [0.05, 0.1) is 6.07 Å². The molecule has 140 valence electrons. The molecule has 0 aromatic heterocycles. The summed E-state index contributed by atoms with van der Waals surface area (Å²) in [5, 5.41) is 10.2. The van der Waals surface area contributed by atoms with E-state index in [0.29, 0.717) is 24.9 Å². The van der Waals surface area contributed by atoms with Crippen LogP contribution in [0.4, 0.5) is 0 Å². The number of nitrogens with zero attached hydrogens (tertiary/aromatic N) is 2. The molecule has 0 saturated heterocycles. The zero-order valence-corrected chi connectivity index (χ0v) is 16.1. The maximum Gasteiger partial charge on any atom is 0.255 e. The average Bonchev–Trinajstić information content (AvgIpc) is 2.78. The molecule has 0 N–H and O–H groups in total. The molecule has 1 atom stereocenters. The van der Waals surface area contributed by atoms with E-state index in [4.69, 9.17) is 0 Å². The molecular weight excluding hydrogens is 344 g/mol. The zero-order chi connectivity index (χ0) is 19.8. The highest BCUT2D eigenvalue weighted by molar-refractivity contribution is 5.95. The summed E-state index contributed by atoms with van der Waals surface area (Å²) in [6, 6.07) is 31.4. The zero-order valence-electron chi connectivity index (χ0n) is 16.1. The van der Waals surface area contributed by atoms with Crippen molar-refractivity contribution in [3.63, 3.8) is 0 Å². The Morgan fingerprint density at radius 1 is 0.893 bits per heavy atom. The molecule has 0 aliphatic heterocycles. The van der Waals surface area contributed by atoms with Crippen LogP contribution in [0.2, 0.25) is 0 Å². The minimum atomic E-state index is -1.01. The largest absolute Gasteiger partial charge is 0.316 e. The van der Waals surface area contributed by atoms with Gasteiger partial charge in [0.25, 0.3) is 5.91 Å². The van der Waals surface area contributed by atoms with E-state index in [1.165, 1.54) is 0 Å². The van der Waals surface area contributed by atoms with Gasteiger partial charge in [-0.05, 0) is 36.1 Å². The highest BCUT2D eigenvalue weighted by Gasteiger charge is 2.40. The van der Waals surface area contributed by atoms with Crippen molar-refractivity contribution in [1.29, 1.82) is 5.26 Å². The maximum absolute atomic E-state index is 13.5. The summed E-state index contributed by atoms with van der Waals surface area (Å²) < 4.78 is 0. The van der Waals surface area contributed by atoms with Crippen molar-refractivity contribution < 1.29 is 4.79 Å². The molecule has 3 rings (SSSR count). The average molecular weight is 368 g/mol. The predicted octanol–water partition coefficient (Wildman–Crippen LogP) is 5.20. The smallest absolute Gasteiger partial charge is 0.255 e. The van der Waals surface area contributed by atoms with Crippen LogP contribution in [0, 0.1) is 11.3 Å². The highest BCUT2D eigenvalue weighted by atomic mass is 16.2. The Balaban J connectivity index is 2.03. The van der Waals surface area contributed by atoms with E-state index in [2.05, 4.69) is 6.07 Å². The molecule has 3 aromatic carbocycles. The van der Waals surface area contributed by atoms with Crippen molar-refractivity contribution in [1.82, 2.24) is 4.90 Å². The number of hydrogen-bond acceptors (Lipinski definition) is 2. The van der Waals surface area contributed by atoms with E-state index in [1.54, 1.807) is 17.0 Å². The van der Waals surface area contributed by atoms with Gasteiger partial charge in [0.1, 0.15) is 0 Å². The van der Waals surface area contributed by atoms with E-state index < -0.39 is 5.54 Å². The van der Waals surface area contributed by atoms with Crippen LogP contribution in [0.25, 0.3) is 0 Å². The third-order valence-electron chi connectivity index (χ3n) is 5.14. The van der Waals surface area contributed by atoms with Gasteiger partial charge in [-0.1, -0.05) is 85.8 Å². The minimum absolute atomic E-state index is 0.121. The molecular formula is C25H24N2O. The summed E-state index contributed by atoms with van der Waals surface area (Å²) in [7, 11) is 0. The second kappa shape index (κ2) is 9.01. The molecule has 3 aromatic rings. The van der Waals surface area contributed by atoms with Crippen LogP contribution in [-0.2, 0) is 12.0 Å². The number of carbonyl (C=O) groups is 1. The Labute approximate surface area is 166 Å². The number of carbonyl (C=O) groups excluding carboxylic acids is 1. The van der Waals surface area contributed by atoms with Gasteiger partial charge < -0.3 is 4.90 Å². The number of amides is 1. The molecule has 0 radical (unpaired) electrons. The van der Waals surface area contributed by atoms with Crippen molar-refractivity contribution >= 4 is 5.91 Å². The van der Waals surface area contributed by atoms with Crippen molar-refractivity contribution in [3.05, 3.63) is 108 Å². The molecule has 0 spiro atoms. The Hall–Kier alpha value is -3.38. The van der Waals surface area contributed by atoms with Crippen LogP contribution in [-0.4, -0.2) is 17.4 Å². The van der Waals surface area contributed by atoms with Crippen LogP contribution in [0.15, 0.2) is 91.0 Å². The normalized spacial score (nSPS) is 12.6. The van der Waals surface area contributed by atoms with Gasteiger partial charge in [-0.2, -0.15) is 5.26 Å². The first-order valence-corrected chi connectivity index (χ1v) is 9.59. The van der Waals surface area contributed by atoms with Crippen molar-refractivity contribution in [2.75, 3.05) is 6.54 Å². The number of benzene rings is 3. The lowest BCUT2D eigenvalue weighted by Crippen LogP contribution is -2.49. The van der Waals surface area contributed by atoms with Crippen LogP contribution in [0.5, 0.6) is 0 Å². The van der Waals surface area contributed by atoms with E-state index in [1.807, 2.05) is 85.8 Å². The van der Waals surface area contributed by atoms with Crippen LogP contribution in [0.3, 0.4) is 0 Å². The summed E-state index contributed by atoms with van der Waals surface area (Å²) in [4.78, 5) is 15.2. The number of rotatable bonds is 7. The Bertz CT molecular complexity index is 933. The maximum atomic E-state index is 13.5. The molecule has 0 heterocycles. The number of nitriles is 1. The lowest BCUT2D eigenvalue weighted by atomic mass is 9.85. The van der Waals surface area contributed by atoms with Crippen molar-refractivity contribution in [3.8, 4) is 6.07 Å². The molecule has 0 bridgehead atoms. The van der Waals surface area contributed by atoms with E-state index in [9.17, 15) is 10.1 Å². The molecule has 28 heavy (non-hydrogen) atoms. The lowest BCUT2D eigenvalue weighted by molar-refractivity contribution is 0.0571. The van der Waals surface area contributed by atoms with Gasteiger partial charge in [0.15, 0.2) is 5.54 Å². The number of hydrogen-bond donors (Lipinski definition) is 0. The highest BCUT2D eigenvalue weighted by Crippen LogP contribution is 2.33. The fourth-order valence-electron chi connectivity index (χ4n) is 3.56. The molecule has 3 heteroatoms. The van der Waals surface area contributed by atoms with Gasteiger partial charge in [0, 0.05) is 12.1 Å². The fraction of sp³-hybridized carbons (Fsp3) is 0.200. The van der Waals surface area contributed by atoms with Crippen LogP contribution in [0.1, 0.15) is 34.8 Å². The molecule has 0 saturated carbocycles. The summed E-state index contributed by atoms with van der Waals surface area (Å²) in [6.45, 7) is 2.43. The first-order valence-electron chi connectivity index (χ1n) is 9.59. The summed E-state index contributed by atoms with van der Waals surface area (Å²) >= 11 is 0. The minimum Gasteiger partial charge on any atom is -0.316 e. The second-order valence-electron chi connectivity index (χ2n) is 6.75. The first kappa shape index (κ1) is 19.4. The molecule has 0 aliphatic rings. The first-order chi connectivity index (χ1) is 13.7. The molecule has 1 amide bonds. The third-order valence-corrected chi connectivity index (χ3v) is 5.14. The van der Waals surface area contributed by atoms with Gasteiger partial charge in [-0.15, -0.1) is 0 Å². The van der Waals surface area contributed by atoms with Crippen LogP contribution < -0.4 is 0 Å². The van der Waals surface area contributed by atoms with Crippen molar-refractivity contribution in [2.45, 2.75) is 25.3 Å². The summed E-state index contributed by atoms with van der Waals surface area (Å²) in [6.07, 6.45) is 1.20. The van der Waals surface area contributed by atoms with Gasteiger partial charge >= 0.3 is 0 Å². The monoisotopic (exact) mass is 368 g/mol. The molecule has 0 aliphatic carbocycles. The van der Waals surface area contributed by atoms with E-state index in [0.717, 1.165) is 11.1 Å². The van der Waals surface area contributed by atoms with E-state index in [-0.39, 0.29) is 5.91 Å². The Morgan fingerprint density at radius 2 is 1.43 bits per heavy atom. The van der Waals surface area contributed by atoms with Gasteiger partial charge in [0.2, 0.25) is 0 Å². The predicted molar refractivity (Wildman–Crippen MR) is 112 cm³/mol. The van der Waals surface area contributed by atoms with Crippen LogP contribution >= 0.6 is 0 Å². The van der Waals surface area contributed by atoms with E-state index >= 15 is 0 Å². The summed E-state index contributed by atoms with van der Waals surface area (Å²) in [5.41, 5.74) is 1.57.